The SMILES string of the molecule is O=C(O)CSCCN1C(=O)CNC1=O. The van der Waals surface area contributed by atoms with Crippen LogP contribution in [0.3, 0.4) is 0 Å². The fourth-order valence-electron chi connectivity index (χ4n) is 0.997. The Hall–Kier alpha value is -1.24. The maximum atomic E-state index is 11.0. The summed E-state index contributed by atoms with van der Waals surface area (Å²) in [5.74, 6) is -0.715. The highest BCUT2D eigenvalue weighted by Gasteiger charge is 2.27. The Bertz CT molecular complexity index is 252. The monoisotopic (exact) mass is 218 g/mol. The van der Waals surface area contributed by atoms with Crippen LogP contribution in [0, 0.1) is 0 Å². The molecule has 1 aliphatic rings. The lowest BCUT2D eigenvalue weighted by atomic mass is 10.5. The molecule has 1 aliphatic heterocycles. The molecule has 0 aromatic heterocycles. The molecule has 0 unspecified atom stereocenters. The molecule has 0 spiro atoms. The van der Waals surface area contributed by atoms with Crippen molar-refractivity contribution in [3.05, 3.63) is 0 Å². The molecule has 0 atom stereocenters. The maximum absolute atomic E-state index is 11.0. The molecule has 14 heavy (non-hydrogen) atoms. The van der Waals surface area contributed by atoms with Crippen LogP contribution in [0.2, 0.25) is 0 Å². The normalized spacial score (nSPS) is 15.9. The van der Waals surface area contributed by atoms with Gasteiger partial charge in [-0.15, -0.1) is 11.8 Å². The number of nitrogens with one attached hydrogen (secondary N) is 1. The van der Waals surface area contributed by atoms with Crippen LogP contribution in [0.4, 0.5) is 4.79 Å². The fourth-order valence-corrected chi connectivity index (χ4v) is 1.63. The first-order valence-electron chi connectivity index (χ1n) is 3.99. The van der Waals surface area contributed by atoms with E-state index >= 15 is 0 Å². The number of rotatable bonds is 5. The van der Waals surface area contributed by atoms with Crippen molar-refractivity contribution in [2.45, 2.75) is 0 Å². The number of hydrogen-bond donors (Lipinski definition) is 2. The molecular weight excluding hydrogens is 208 g/mol. The number of carboxylic acids is 1. The second-order valence-electron chi connectivity index (χ2n) is 2.65. The first-order chi connectivity index (χ1) is 6.61. The van der Waals surface area contributed by atoms with Crippen molar-refractivity contribution in [2.24, 2.45) is 0 Å². The van der Waals surface area contributed by atoms with E-state index in [1.54, 1.807) is 0 Å². The van der Waals surface area contributed by atoms with Crippen molar-refractivity contribution in [2.75, 3.05) is 24.6 Å². The van der Waals surface area contributed by atoms with Gasteiger partial charge in [-0.2, -0.15) is 0 Å². The van der Waals surface area contributed by atoms with E-state index in [2.05, 4.69) is 5.32 Å². The second-order valence-corrected chi connectivity index (χ2v) is 3.76. The molecule has 1 fully saturated rings. The molecule has 1 heterocycles. The molecule has 7 heteroatoms. The molecule has 1 rings (SSSR count). The number of hydrogen-bond acceptors (Lipinski definition) is 4. The summed E-state index contributed by atoms with van der Waals surface area (Å²) in [5.41, 5.74) is 0. The molecule has 0 aromatic carbocycles. The molecule has 78 valence electrons. The third-order valence-corrected chi connectivity index (χ3v) is 2.54. The van der Waals surface area contributed by atoms with Gasteiger partial charge in [-0.25, -0.2) is 4.79 Å². The number of imide groups is 1. The summed E-state index contributed by atoms with van der Waals surface area (Å²) in [7, 11) is 0. The molecule has 0 aliphatic carbocycles. The van der Waals surface area contributed by atoms with E-state index in [4.69, 9.17) is 5.11 Å². The molecule has 3 amide bonds. The topological polar surface area (TPSA) is 86.7 Å². The highest BCUT2D eigenvalue weighted by Crippen LogP contribution is 2.04. The predicted molar refractivity (Wildman–Crippen MR) is 50.1 cm³/mol. The summed E-state index contributed by atoms with van der Waals surface area (Å²) in [4.78, 5) is 33.2. The van der Waals surface area contributed by atoms with Crippen molar-refractivity contribution in [3.63, 3.8) is 0 Å². The zero-order valence-electron chi connectivity index (χ0n) is 7.36. The molecule has 0 bridgehead atoms. The summed E-state index contributed by atoms with van der Waals surface area (Å²) in [6, 6.07) is -0.397. The van der Waals surface area contributed by atoms with E-state index in [1.807, 2.05) is 0 Å². The fraction of sp³-hybridized carbons (Fsp3) is 0.571. The molecule has 1 saturated heterocycles. The Morgan fingerprint density at radius 3 is 2.79 bits per heavy atom. The van der Waals surface area contributed by atoms with E-state index in [0.29, 0.717) is 5.75 Å². The van der Waals surface area contributed by atoms with E-state index in [1.165, 1.54) is 11.8 Å². The Morgan fingerprint density at radius 1 is 1.57 bits per heavy atom. The van der Waals surface area contributed by atoms with Crippen molar-refractivity contribution >= 4 is 29.7 Å². The van der Waals surface area contributed by atoms with Gasteiger partial charge in [0.2, 0.25) is 5.91 Å². The number of urea groups is 1. The molecule has 6 nitrogen and oxygen atoms in total. The van der Waals surface area contributed by atoms with Gasteiger partial charge in [0.05, 0.1) is 12.3 Å². The quantitative estimate of drug-likeness (QED) is 0.473. The lowest BCUT2D eigenvalue weighted by Crippen LogP contribution is -2.33. The van der Waals surface area contributed by atoms with Crippen LogP contribution in [-0.2, 0) is 9.59 Å². The Kier molecular flexibility index (Phi) is 3.75. The van der Waals surface area contributed by atoms with Crippen LogP contribution >= 0.6 is 11.8 Å². The zero-order chi connectivity index (χ0) is 10.6. The first-order valence-corrected chi connectivity index (χ1v) is 5.14. The second kappa shape index (κ2) is 4.85. The minimum atomic E-state index is -0.896. The van der Waals surface area contributed by atoms with Gasteiger partial charge in [0, 0.05) is 12.3 Å². The summed E-state index contributed by atoms with van der Waals surface area (Å²) in [5, 5.41) is 10.7. The number of amides is 3. The average molecular weight is 218 g/mol. The molecule has 0 radical (unpaired) electrons. The standard InChI is InChI=1S/C7H10N2O4S/c10-5-3-8-7(13)9(5)1-2-14-4-6(11)12/h1-4H2,(H,8,13)(H,11,12). The number of carboxylic acid groups (broad SMARTS) is 1. The van der Waals surface area contributed by atoms with Crippen LogP contribution in [0.5, 0.6) is 0 Å². The molecule has 0 aromatic rings. The molecule has 0 saturated carbocycles. The first kappa shape index (κ1) is 10.8. The predicted octanol–water partition coefficient (Wildman–Crippen LogP) is -0.644. The average Bonchev–Trinajstić information content (AvgIpc) is 2.42. The van der Waals surface area contributed by atoms with Crippen molar-refractivity contribution in [3.8, 4) is 0 Å². The van der Waals surface area contributed by atoms with Crippen LogP contribution in [0.15, 0.2) is 0 Å². The van der Waals surface area contributed by atoms with Gasteiger partial charge in [-0.05, 0) is 0 Å². The number of carbonyl (C=O) groups excluding carboxylic acids is 2. The van der Waals surface area contributed by atoms with Crippen molar-refractivity contribution < 1.29 is 19.5 Å². The van der Waals surface area contributed by atoms with E-state index in [0.717, 1.165) is 4.90 Å². The van der Waals surface area contributed by atoms with Gasteiger partial charge in [-0.3, -0.25) is 14.5 Å². The smallest absolute Gasteiger partial charge is 0.324 e. The third kappa shape index (κ3) is 2.91. The minimum Gasteiger partial charge on any atom is -0.481 e. The van der Waals surface area contributed by atoms with Crippen LogP contribution in [0.25, 0.3) is 0 Å². The summed E-state index contributed by atoms with van der Waals surface area (Å²) < 4.78 is 0. The zero-order valence-corrected chi connectivity index (χ0v) is 8.17. The van der Waals surface area contributed by atoms with Gasteiger partial charge < -0.3 is 10.4 Å². The number of carbonyl (C=O) groups is 3. The van der Waals surface area contributed by atoms with Gasteiger partial charge in [-0.1, -0.05) is 0 Å². The number of nitrogens with zero attached hydrogens (tertiary/aromatic N) is 1. The van der Waals surface area contributed by atoms with Crippen LogP contribution in [0.1, 0.15) is 0 Å². The minimum absolute atomic E-state index is 0.0103. The summed E-state index contributed by atoms with van der Waals surface area (Å²) >= 11 is 1.18. The van der Waals surface area contributed by atoms with Crippen molar-refractivity contribution in [1.29, 1.82) is 0 Å². The van der Waals surface area contributed by atoms with Crippen LogP contribution in [-0.4, -0.2) is 52.5 Å². The Balaban J connectivity index is 2.20. The van der Waals surface area contributed by atoms with Gasteiger partial charge >= 0.3 is 12.0 Å². The highest BCUT2D eigenvalue weighted by atomic mass is 32.2. The van der Waals surface area contributed by atoms with E-state index in [-0.39, 0.29) is 24.7 Å². The summed E-state index contributed by atoms with van der Waals surface area (Å²) in [6.45, 7) is 0.311. The van der Waals surface area contributed by atoms with Gasteiger partial charge in [0.25, 0.3) is 0 Å². The Morgan fingerprint density at radius 2 is 2.29 bits per heavy atom. The molecule has 2 N–H and O–H groups in total. The maximum Gasteiger partial charge on any atom is 0.324 e. The van der Waals surface area contributed by atoms with Crippen molar-refractivity contribution in [1.82, 2.24) is 10.2 Å². The Labute approximate surface area is 84.6 Å². The van der Waals surface area contributed by atoms with E-state index in [9.17, 15) is 14.4 Å². The lowest BCUT2D eigenvalue weighted by Gasteiger charge is -2.10. The lowest BCUT2D eigenvalue weighted by molar-refractivity contribution is -0.134. The van der Waals surface area contributed by atoms with Gasteiger partial charge in [0.1, 0.15) is 0 Å². The number of aliphatic carboxylic acids is 1. The number of thioether (sulfide) groups is 1. The summed E-state index contributed by atoms with van der Waals surface area (Å²) in [6.07, 6.45) is 0. The van der Waals surface area contributed by atoms with Crippen LogP contribution < -0.4 is 5.32 Å². The highest BCUT2D eigenvalue weighted by molar-refractivity contribution is 7.99. The van der Waals surface area contributed by atoms with Gasteiger partial charge in [0.15, 0.2) is 0 Å². The largest absolute Gasteiger partial charge is 0.481 e. The molecular formula is C7H10N2O4S. The van der Waals surface area contributed by atoms with E-state index < -0.39 is 12.0 Å². The third-order valence-electron chi connectivity index (χ3n) is 1.62.